The van der Waals surface area contributed by atoms with E-state index >= 15 is 0 Å². The molecule has 2 heterocycles. The summed E-state index contributed by atoms with van der Waals surface area (Å²) in [5, 5.41) is 6.88. The van der Waals surface area contributed by atoms with Crippen LogP contribution in [0.1, 0.15) is 5.56 Å². The van der Waals surface area contributed by atoms with Crippen LogP contribution in [0, 0.1) is 5.92 Å². The number of hydrogen-bond donors (Lipinski definition) is 0. The fraction of sp³-hybridized carbons (Fsp3) is 0.0800. The lowest BCUT2D eigenvalue weighted by molar-refractivity contribution is -0.121. The number of carbonyl (C=O) groups excluding carboxylic acids is 2. The number of allylic oxidation sites excluding steroid dienone is 1. The Morgan fingerprint density at radius 2 is 1.39 bits per heavy atom. The maximum Gasteiger partial charge on any atom is 0.259 e. The molecular formula is C25H18ClN3O2. The molecule has 0 aromatic heterocycles. The topological polar surface area (TPSA) is 53.0 Å². The van der Waals surface area contributed by atoms with E-state index in [1.807, 2.05) is 72.8 Å². The summed E-state index contributed by atoms with van der Waals surface area (Å²) in [5.41, 5.74) is 2.83. The highest BCUT2D eigenvalue weighted by molar-refractivity contribution is 6.34. The molecule has 3 aromatic carbocycles. The summed E-state index contributed by atoms with van der Waals surface area (Å²) in [6.07, 6.45) is 3.74. The first-order chi connectivity index (χ1) is 15.1. The minimum absolute atomic E-state index is 0.285. The number of para-hydroxylation sites is 1. The van der Waals surface area contributed by atoms with E-state index in [2.05, 4.69) is 5.10 Å². The van der Waals surface area contributed by atoms with Gasteiger partial charge in [0.05, 0.1) is 17.1 Å². The number of benzene rings is 3. The van der Waals surface area contributed by atoms with Crippen molar-refractivity contribution in [1.82, 2.24) is 0 Å². The molecule has 0 radical (unpaired) electrons. The maximum atomic E-state index is 13.4. The third-order valence-corrected chi connectivity index (χ3v) is 5.68. The van der Waals surface area contributed by atoms with E-state index in [0.29, 0.717) is 16.4 Å². The fourth-order valence-corrected chi connectivity index (χ4v) is 4.09. The fourth-order valence-electron chi connectivity index (χ4n) is 3.97. The highest BCUT2D eigenvalue weighted by Crippen LogP contribution is 2.38. The van der Waals surface area contributed by atoms with E-state index < -0.39 is 12.0 Å². The number of halogens is 1. The lowest BCUT2D eigenvalue weighted by atomic mass is 9.97. The summed E-state index contributed by atoms with van der Waals surface area (Å²) >= 11 is 5.99. The van der Waals surface area contributed by atoms with Crippen molar-refractivity contribution in [3.05, 3.63) is 102 Å². The Morgan fingerprint density at radius 3 is 2.06 bits per heavy atom. The maximum absolute atomic E-state index is 13.4. The van der Waals surface area contributed by atoms with Gasteiger partial charge >= 0.3 is 0 Å². The van der Waals surface area contributed by atoms with Crippen LogP contribution in [0.5, 0.6) is 0 Å². The van der Waals surface area contributed by atoms with E-state index in [1.54, 1.807) is 29.3 Å². The standard InChI is InChI=1S/C25H18ClN3O2/c26-18-12-14-19(15-13-18)28-24(30)22-21(16-11-17-7-3-1-4-8-17)27-29(23(22)25(28)31)20-9-5-2-6-10-20/h1-16,22-23H. The Hall–Kier alpha value is -3.70. The number of anilines is 2. The minimum atomic E-state index is -0.721. The van der Waals surface area contributed by atoms with Gasteiger partial charge in [0.25, 0.3) is 5.91 Å². The van der Waals surface area contributed by atoms with Crippen LogP contribution in [-0.4, -0.2) is 23.6 Å². The van der Waals surface area contributed by atoms with Gasteiger partial charge in [0.1, 0.15) is 12.0 Å². The van der Waals surface area contributed by atoms with E-state index in [9.17, 15) is 9.59 Å². The molecule has 1 fully saturated rings. The average molecular weight is 428 g/mol. The van der Waals surface area contributed by atoms with Crippen molar-refractivity contribution in [2.45, 2.75) is 6.04 Å². The number of imide groups is 1. The highest BCUT2D eigenvalue weighted by atomic mass is 35.5. The minimum Gasteiger partial charge on any atom is -0.273 e. The van der Waals surface area contributed by atoms with E-state index in [-0.39, 0.29) is 11.8 Å². The summed E-state index contributed by atoms with van der Waals surface area (Å²) < 4.78 is 0. The van der Waals surface area contributed by atoms with Crippen molar-refractivity contribution < 1.29 is 9.59 Å². The van der Waals surface area contributed by atoms with Gasteiger partial charge in [-0.25, -0.2) is 4.90 Å². The first-order valence-corrected chi connectivity index (χ1v) is 10.3. The van der Waals surface area contributed by atoms with Crippen molar-refractivity contribution in [3.8, 4) is 0 Å². The van der Waals surface area contributed by atoms with Crippen LogP contribution in [0.15, 0.2) is 96.1 Å². The van der Waals surface area contributed by atoms with Crippen molar-refractivity contribution in [2.24, 2.45) is 11.0 Å². The molecule has 2 aliphatic rings. The third-order valence-electron chi connectivity index (χ3n) is 5.43. The monoisotopic (exact) mass is 427 g/mol. The van der Waals surface area contributed by atoms with Crippen molar-refractivity contribution >= 4 is 46.6 Å². The third kappa shape index (κ3) is 3.43. The molecule has 0 saturated carbocycles. The molecule has 2 unspecified atom stereocenters. The molecule has 5 nitrogen and oxygen atoms in total. The van der Waals surface area contributed by atoms with Crippen LogP contribution >= 0.6 is 11.6 Å². The second kappa shape index (κ2) is 7.85. The summed E-state index contributed by atoms with van der Waals surface area (Å²) in [5.74, 6) is -1.26. The van der Waals surface area contributed by atoms with E-state index in [4.69, 9.17) is 11.6 Å². The number of hydrazone groups is 1. The Bertz CT molecular complexity index is 1190. The van der Waals surface area contributed by atoms with Gasteiger partial charge in [-0.3, -0.25) is 14.6 Å². The molecule has 2 amide bonds. The largest absolute Gasteiger partial charge is 0.273 e. The van der Waals surface area contributed by atoms with Gasteiger partial charge in [-0.1, -0.05) is 66.2 Å². The van der Waals surface area contributed by atoms with Gasteiger partial charge in [0.15, 0.2) is 0 Å². The Morgan fingerprint density at radius 1 is 0.742 bits per heavy atom. The Balaban J connectivity index is 1.56. The van der Waals surface area contributed by atoms with Gasteiger partial charge in [-0.15, -0.1) is 0 Å². The van der Waals surface area contributed by atoms with Crippen molar-refractivity contribution in [1.29, 1.82) is 0 Å². The molecule has 31 heavy (non-hydrogen) atoms. The molecule has 5 rings (SSSR count). The van der Waals surface area contributed by atoms with Gasteiger partial charge in [0, 0.05) is 5.02 Å². The highest BCUT2D eigenvalue weighted by Gasteiger charge is 2.56. The number of amides is 2. The van der Waals surface area contributed by atoms with Crippen LogP contribution < -0.4 is 9.91 Å². The normalized spacial score (nSPS) is 20.5. The van der Waals surface area contributed by atoms with E-state index in [1.165, 1.54) is 4.90 Å². The predicted molar refractivity (Wildman–Crippen MR) is 123 cm³/mol. The molecule has 0 bridgehead atoms. The smallest absolute Gasteiger partial charge is 0.259 e. The van der Waals surface area contributed by atoms with Crippen molar-refractivity contribution in [2.75, 3.05) is 9.91 Å². The number of hydrogen-bond acceptors (Lipinski definition) is 4. The summed E-state index contributed by atoms with van der Waals surface area (Å²) in [7, 11) is 0. The number of fused-ring (bicyclic) bond motifs is 1. The zero-order valence-electron chi connectivity index (χ0n) is 16.4. The lowest BCUT2D eigenvalue weighted by Gasteiger charge is -2.22. The molecule has 3 aromatic rings. The Kier molecular flexibility index (Phi) is 4.88. The molecule has 0 N–H and O–H groups in total. The molecule has 2 atom stereocenters. The van der Waals surface area contributed by atoms with Crippen LogP contribution in [0.3, 0.4) is 0 Å². The van der Waals surface area contributed by atoms with Crippen LogP contribution in [0.2, 0.25) is 5.02 Å². The average Bonchev–Trinajstić information content (AvgIpc) is 3.31. The predicted octanol–water partition coefficient (Wildman–Crippen LogP) is 4.79. The molecule has 2 aliphatic heterocycles. The zero-order valence-corrected chi connectivity index (χ0v) is 17.2. The summed E-state index contributed by atoms with van der Waals surface area (Å²) in [6.45, 7) is 0. The molecule has 1 saturated heterocycles. The first kappa shape index (κ1) is 19.3. The number of rotatable bonds is 4. The summed E-state index contributed by atoms with van der Waals surface area (Å²) in [6, 6.07) is 25.2. The van der Waals surface area contributed by atoms with Crippen LogP contribution in [0.4, 0.5) is 11.4 Å². The van der Waals surface area contributed by atoms with E-state index in [0.717, 1.165) is 11.3 Å². The van der Waals surface area contributed by atoms with Gasteiger partial charge in [-0.05, 0) is 48.0 Å². The molecule has 0 aliphatic carbocycles. The van der Waals surface area contributed by atoms with Gasteiger partial charge < -0.3 is 0 Å². The molecule has 6 heteroatoms. The first-order valence-electron chi connectivity index (χ1n) is 9.93. The second-order valence-corrected chi connectivity index (χ2v) is 7.80. The van der Waals surface area contributed by atoms with Gasteiger partial charge in [0.2, 0.25) is 5.91 Å². The Labute approximate surface area is 184 Å². The molecule has 152 valence electrons. The quantitative estimate of drug-likeness (QED) is 0.562. The van der Waals surface area contributed by atoms with Crippen LogP contribution in [-0.2, 0) is 9.59 Å². The summed E-state index contributed by atoms with van der Waals surface area (Å²) in [4.78, 5) is 28.1. The van der Waals surface area contributed by atoms with Crippen molar-refractivity contribution in [3.63, 3.8) is 0 Å². The number of carbonyl (C=O) groups is 2. The molecule has 0 spiro atoms. The van der Waals surface area contributed by atoms with Gasteiger partial charge in [-0.2, -0.15) is 5.10 Å². The second-order valence-electron chi connectivity index (χ2n) is 7.36. The number of nitrogens with zero attached hydrogens (tertiary/aromatic N) is 3. The SMILES string of the molecule is O=C1C2C(C=Cc3ccccc3)=NN(c3ccccc3)C2C(=O)N1c1ccc(Cl)cc1. The van der Waals surface area contributed by atoms with Crippen LogP contribution in [0.25, 0.3) is 6.08 Å². The lowest BCUT2D eigenvalue weighted by Crippen LogP contribution is -2.39. The molecular weight excluding hydrogens is 410 g/mol. The zero-order chi connectivity index (χ0) is 21.4.